The van der Waals surface area contributed by atoms with Crippen LogP contribution < -0.4 is 0 Å². The zero-order valence-corrected chi connectivity index (χ0v) is 23.3. The van der Waals surface area contributed by atoms with Crippen LogP contribution in [-0.2, 0) is 0 Å². The molecule has 0 bridgehead atoms. The molecule has 0 unspecified atom stereocenters. The van der Waals surface area contributed by atoms with Gasteiger partial charge in [0.05, 0.1) is 22.4 Å². The zero-order valence-electron chi connectivity index (χ0n) is 23.3. The third-order valence-electron chi connectivity index (χ3n) is 7.90. The number of rotatable bonds is 5. The van der Waals surface area contributed by atoms with Crippen LogP contribution in [0.25, 0.3) is 72.5 Å². The Bertz CT molecular complexity index is 2180. The summed E-state index contributed by atoms with van der Waals surface area (Å²) in [5.74, 6) is 0.701. The van der Waals surface area contributed by atoms with Gasteiger partial charge in [0.2, 0.25) is 0 Å². The van der Waals surface area contributed by atoms with E-state index >= 15 is 0 Å². The summed E-state index contributed by atoms with van der Waals surface area (Å²) in [5.41, 5.74) is 10.5. The molecule has 8 rings (SSSR count). The number of hydrogen-bond acceptors (Lipinski definition) is 3. The first-order chi connectivity index (χ1) is 21.3. The van der Waals surface area contributed by atoms with Crippen molar-refractivity contribution in [1.29, 1.82) is 0 Å². The molecule has 0 aliphatic carbocycles. The molecule has 0 amide bonds. The van der Waals surface area contributed by atoms with Gasteiger partial charge in [-0.1, -0.05) is 109 Å². The molecule has 43 heavy (non-hydrogen) atoms. The maximum atomic E-state index is 5.10. The van der Waals surface area contributed by atoms with Gasteiger partial charge in [-0.3, -0.25) is 4.98 Å². The quantitative estimate of drug-likeness (QED) is 0.214. The molecule has 4 nitrogen and oxygen atoms in total. The Morgan fingerprint density at radius 3 is 1.81 bits per heavy atom. The summed E-state index contributed by atoms with van der Waals surface area (Å²) in [5, 5.41) is 2.32. The summed E-state index contributed by atoms with van der Waals surface area (Å²) < 4.78 is 2.30. The number of aromatic nitrogens is 4. The topological polar surface area (TPSA) is 43.6 Å². The van der Waals surface area contributed by atoms with Crippen LogP contribution in [-0.4, -0.2) is 19.5 Å². The molecule has 3 heterocycles. The molecule has 0 radical (unpaired) electrons. The van der Waals surface area contributed by atoms with Crippen LogP contribution in [0.1, 0.15) is 0 Å². The number of fused-ring (bicyclic) bond motifs is 3. The Hall–Kier alpha value is -5.87. The standard InChI is InChI=1S/C39H26N4/c1-3-11-27(12-4-1)29-15-9-16-30(23-29)35-25-36(42-39(41-35)28-13-5-2-6-14-28)31-17-10-18-32(24-31)43-37-20-8-7-19-33(37)34-26-40-22-21-38(34)43/h1-26H. The number of para-hydroxylation sites is 1. The zero-order chi connectivity index (χ0) is 28.6. The predicted octanol–water partition coefficient (Wildman–Crippen LogP) is 9.64. The van der Waals surface area contributed by atoms with E-state index in [0.717, 1.165) is 55.7 Å². The molecule has 0 atom stereocenters. The highest BCUT2D eigenvalue weighted by Gasteiger charge is 2.15. The number of nitrogens with zero attached hydrogens (tertiary/aromatic N) is 4. The first-order valence-electron chi connectivity index (χ1n) is 14.4. The fourth-order valence-corrected chi connectivity index (χ4v) is 5.85. The average molecular weight is 551 g/mol. The molecule has 0 saturated heterocycles. The minimum atomic E-state index is 0.701. The van der Waals surface area contributed by atoms with Crippen molar-refractivity contribution in [3.05, 3.63) is 158 Å². The van der Waals surface area contributed by atoms with E-state index in [-0.39, 0.29) is 0 Å². The third kappa shape index (κ3) is 4.55. The minimum Gasteiger partial charge on any atom is -0.309 e. The third-order valence-corrected chi connectivity index (χ3v) is 7.90. The summed E-state index contributed by atoms with van der Waals surface area (Å²) in [6.45, 7) is 0. The van der Waals surface area contributed by atoms with Gasteiger partial charge >= 0.3 is 0 Å². The van der Waals surface area contributed by atoms with Crippen molar-refractivity contribution in [1.82, 2.24) is 19.5 Å². The molecular formula is C39H26N4. The van der Waals surface area contributed by atoms with Crippen molar-refractivity contribution in [2.45, 2.75) is 0 Å². The van der Waals surface area contributed by atoms with Gasteiger partial charge < -0.3 is 4.57 Å². The van der Waals surface area contributed by atoms with Gasteiger partial charge in [0.15, 0.2) is 5.82 Å². The van der Waals surface area contributed by atoms with Gasteiger partial charge in [-0.25, -0.2) is 9.97 Å². The molecule has 8 aromatic rings. The number of pyridine rings is 1. The van der Waals surface area contributed by atoms with Crippen molar-refractivity contribution >= 4 is 21.8 Å². The van der Waals surface area contributed by atoms with Crippen LogP contribution in [0.3, 0.4) is 0 Å². The summed E-state index contributed by atoms with van der Waals surface area (Å²) >= 11 is 0. The second-order valence-electron chi connectivity index (χ2n) is 10.6. The van der Waals surface area contributed by atoms with Gasteiger partial charge in [0, 0.05) is 45.5 Å². The maximum absolute atomic E-state index is 5.10. The van der Waals surface area contributed by atoms with E-state index < -0.39 is 0 Å². The van der Waals surface area contributed by atoms with E-state index in [1.54, 1.807) is 0 Å². The van der Waals surface area contributed by atoms with Crippen LogP contribution in [0.5, 0.6) is 0 Å². The first kappa shape index (κ1) is 24.9. The van der Waals surface area contributed by atoms with E-state index in [0.29, 0.717) is 5.82 Å². The summed E-state index contributed by atoms with van der Waals surface area (Å²) in [6.07, 6.45) is 3.80. The highest BCUT2D eigenvalue weighted by atomic mass is 15.0. The molecule has 0 fully saturated rings. The average Bonchev–Trinajstić information content (AvgIpc) is 3.43. The molecule has 0 aliphatic rings. The van der Waals surface area contributed by atoms with E-state index in [1.165, 1.54) is 10.9 Å². The fourth-order valence-electron chi connectivity index (χ4n) is 5.85. The van der Waals surface area contributed by atoms with Crippen LogP contribution in [0, 0.1) is 0 Å². The Balaban J connectivity index is 1.30. The Kier molecular flexibility index (Phi) is 6.08. The fraction of sp³-hybridized carbons (Fsp3) is 0. The monoisotopic (exact) mass is 550 g/mol. The van der Waals surface area contributed by atoms with E-state index in [4.69, 9.17) is 9.97 Å². The van der Waals surface area contributed by atoms with E-state index in [9.17, 15) is 0 Å². The van der Waals surface area contributed by atoms with Crippen molar-refractivity contribution in [2.75, 3.05) is 0 Å². The first-order valence-corrected chi connectivity index (χ1v) is 14.4. The summed E-state index contributed by atoms with van der Waals surface area (Å²) in [7, 11) is 0. The SMILES string of the molecule is c1ccc(-c2cccc(-c3cc(-c4cccc(-n5c6ccccc6c6cnccc65)c4)nc(-c4ccccc4)n3)c2)cc1. The lowest BCUT2D eigenvalue weighted by molar-refractivity contribution is 1.16. The smallest absolute Gasteiger partial charge is 0.160 e. The van der Waals surface area contributed by atoms with Gasteiger partial charge in [-0.2, -0.15) is 0 Å². The summed E-state index contributed by atoms with van der Waals surface area (Å²) in [4.78, 5) is 14.6. The molecule has 3 aromatic heterocycles. The van der Waals surface area contributed by atoms with Gasteiger partial charge in [-0.05, 0) is 47.5 Å². The Morgan fingerprint density at radius 1 is 0.419 bits per heavy atom. The Morgan fingerprint density at radius 2 is 1.02 bits per heavy atom. The maximum Gasteiger partial charge on any atom is 0.160 e. The predicted molar refractivity (Wildman–Crippen MR) is 176 cm³/mol. The highest BCUT2D eigenvalue weighted by molar-refractivity contribution is 6.08. The van der Waals surface area contributed by atoms with Gasteiger partial charge in [0.1, 0.15) is 0 Å². The van der Waals surface area contributed by atoms with Crippen LogP contribution in [0.2, 0.25) is 0 Å². The minimum absolute atomic E-state index is 0.701. The lowest BCUT2D eigenvalue weighted by atomic mass is 10.0. The molecule has 0 saturated carbocycles. The van der Waals surface area contributed by atoms with Crippen molar-refractivity contribution < 1.29 is 0 Å². The van der Waals surface area contributed by atoms with Gasteiger partial charge in [0.25, 0.3) is 0 Å². The van der Waals surface area contributed by atoms with Crippen LogP contribution >= 0.6 is 0 Å². The van der Waals surface area contributed by atoms with Gasteiger partial charge in [-0.15, -0.1) is 0 Å². The Labute approximate surface area is 249 Å². The molecule has 0 aliphatic heterocycles. The van der Waals surface area contributed by atoms with Crippen LogP contribution in [0.4, 0.5) is 0 Å². The summed E-state index contributed by atoms with van der Waals surface area (Å²) in [6, 6.07) is 50.5. The molecule has 0 N–H and O–H groups in total. The normalized spacial score (nSPS) is 11.3. The lowest BCUT2D eigenvalue weighted by Gasteiger charge is -2.12. The number of hydrogen-bond donors (Lipinski definition) is 0. The molecule has 202 valence electrons. The lowest BCUT2D eigenvalue weighted by Crippen LogP contribution is -1.98. The molecule has 5 aromatic carbocycles. The largest absolute Gasteiger partial charge is 0.309 e. The van der Waals surface area contributed by atoms with Crippen LogP contribution in [0.15, 0.2) is 158 Å². The van der Waals surface area contributed by atoms with E-state index in [1.807, 2.05) is 36.7 Å². The second kappa shape index (κ2) is 10.5. The highest BCUT2D eigenvalue weighted by Crippen LogP contribution is 2.34. The number of benzene rings is 5. The van der Waals surface area contributed by atoms with Crippen molar-refractivity contribution in [3.8, 4) is 50.7 Å². The second-order valence-corrected chi connectivity index (χ2v) is 10.6. The van der Waals surface area contributed by atoms with Crippen molar-refractivity contribution in [3.63, 3.8) is 0 Å². The molecule has 4 heteroatoms. The molecule has 0 spiro atoms. The van der Waals surface area contributed by atoms with Crippen molar-refractivity contribution in [2.24, 2.45) is 0 Å². The molecular weight excluding hydrogens is 524 g/mol. The van der Waals surface area contributed by atoms with E-state index in [2.05, 4.69) is 131 Å².